The van der Waals surface area contributed by atoms with Crippen LogP contribution in [-0.4, -0.2) is 88.2 Å². The van der Waals surface area contributed by atoms with Crippen LogP contribution in [0.25, 0.3) is 0 Å². The Morgan fingerprint density at radius 2 is 1.61 bits per heavy atom. The second-order valence-electron chi connectivity index (χ2n) is 7.03. The molecule has 2 amide bonds. The van der Waals surface area contributed by atoms with Crippen LogP contribution < -0.4 is 9.47 Å². The van der Waals surface area contributed by atoms with Gasteiger partial charge < -0.3 is 28.7 Å². The molecule has 1 heterocycles. The summed E-state index contributed by atoms with van der Waals surface area (Å²) in [4.78, 5) is 51.2. The number of ether oxygens (including phenoxy) is 4. The van der Waals surface area contributed by atoms with Crippen LogP contribution in [0, 0.1) is 5.92 Å². The van der Waals surface area contributed by atoms with Crippen molar-refractivity contribution in [2.24, 2.45) is 5.92 Å². The molecule has 10 heteroatoms. The zero-order chi connectivity index (χ0) is 23.0. The second-order valence-corrected chi connectivity index (χ2v) is 7.03. The standard InChI is InChI=1S/C21H28N2O8/c1-28-16-6-5-14(9-17(16)29-2)7-8-22-11-15(10-18(22)24)21(27)23(12-19(25)30-3)13-20(26)31-4/h5-6,9,15H,7-8,10-13H2,1-4H3. The topological polar surface area (TPSA) is 112 Å². The monoisotopic (exact) mass is 436 g/mol. The van der Waals surface area contributed by atoms with E-state index in [-0.39, 0.29) is 32.0 Å². The zero-order valence-electron chi connectivity index (χ0n) is 18.2. The highest BCUT2D eigenvalue weighted by molar-refractivity contribution is 5.92. The van der Waals surface area contributed by atoms with E-state index in [1.54, 1.807) is 25.2 Å². The lowest BCUT2D eigenvalue weighted by molar-refractivity contribution is -0.153. The van der Waals surface area contributed by atoms with Gasteiger partial charge in [0.15, 0.2) is 11.5 Å². The largest absolute Gasteiger partial charge is 0.493 e. The molecular formula is C21H28N2O8. The van der Waals surface area contributed by atoms with E-state index >= 15 is 0 Å². The first-order valence-corrected chi connectivity index (χ1v) is 9.74. The molecule has 1 aromatic carbocycles. The molecule has 1 atom stereocenters. The quantitative estimate of drug-likeness (QED) is 0.481. The Kier molecular flexibility index (Phi) is 8.65. The number of hydrogen-bond donors (Lipinski definition) is 0. The van der Waals surface area contributed by atoms with Crippen molar-refractivity contribution >= 4 is 23.8 Å². The number of likely N-dealkylation sites (tertiary alicyclic amines) is 1. The molecule has 1 unspecified atom stereocenters. The second kappa shape index (κ2) is 11.2. The summed E-state index contributed by atoms with van der Waals surface area (Å²) in [5.74, 6) is -1.37. The molecule has 0 bridgehead atoms. The highest BCUT2D eigenvalue weighted by Crippen LogP contribution is 2.28. The molecule has 1 aliphatic rings. The normalized spacial score (nSPS) is 15.4. The van der Waals surface area contributed by atoms with Crippen molar-refractivity contribution in [1.82, 2.24) is 9.80 Å². The van der Waals surface area contributed by atoms with E-state index in [4.69, 9.17) is 9.47 Å². The van der Waals surface area contributed by atoms with E-state index in [9.17, 15) is 19.2 Å². The van der Waals surface area contributed by atoms with Gasteiger partial charge in [0.05, 0.1) is 34.4 Å². The first-order valence-electron chi connectivity index (χ1n) is 9.74. The van der Waals surface area contributed by atoms with Gasteiger partial charge >= 0.3 is 11.9 Å². The van der Waals surface area contributed by atoms with Crippen molar-refractivity contribution in [2.45, 2.75) is 12.8 Å². The Labute approximate surface area is 181 Å². The van der Waals surface area contributed by atoms with Crippen molar-refractivity contribution in [3.8, 4) is 11.5 Å². The van der Waals surface area contributed by atoms with Crippen molar-refractivity contribution in [2.75, 3.05) is 54.6 Å². The third-order valence-corrected chi connectivity index (χ3v) is 5.09. The number of hydrogen-bond acceptors (Lipinski definition) is 8. The highest BCUT2D eigenvalue weighted by atomic mass is 16.5. The van der Waals surface area contributed by atoms with Crippen molar-refractivity contribution in [3.05, 3.63) is 23.8 Å². The highest BCUT2D eigenvalue weighted by Gasteiger charge is 2.37. The van der Waals surface area contributed by atoms with Gasteiger partial charge in [0.1, 0.15) is 13.1 Å². The summed E-state index contributed by atoms with van der Waals surface area (Å²) in [6.07, 6.45) is 0.588. The van der Waals surface area contributed by atoms with Crippen molar-refractivity contribution in [1.29, 1.82) is 0 Å². The Balaban J connectivity index is 2.01. The van der Waals surface area contributed by atoms with Gasteiger partial charge in [0, 0.05) is 19.5 Å². The van der Waals surface area contributed by atoms with Gasteiger partial charge in [-0.05, 0) is 24.1 Å². The summed E-state index contributed by atoms with van der Waals surface area (Å²) >= 11 is 0. The van der Waals surface area contributed by atoms with Crippen molar-refractivity contribution < 1.29 is 38.1 Å². The van der Waals surface area contributed by atoms with Crippen LogP contribution in [0.5, 0.6) is 11.5 Å². The van der Waals surface area contributed by atoms with E-state index in [1.807, 2.05) is 12.1 Å². The molecule has 0 saturated carbocycles. The van der Waals surface area contributed by atoms with Crippen LogP contribution >= 0.6 is 0 Å². The van der Waals surface area contributed by atoms with Crippen molar-refractivity contribution in [3.63, 3.8) is 0 Å². The van der Waals surface area contributed by atoms with E-state index in [0.717, 1.165) is 10.5 Å². The van der Waals surface area contributed by atoms with E-state index in [1.165, 1.54) is 14.2 Å². The van der Waals surface area contributed by atoms with E-state index < -0.39 is 23.8 Å². The van der Waals surface area contributed by atoms with Crippen LogP contribution in [-0.2, 0) is 35.1 Å². The molecule has 1 saturated heterocycles. The number of rotatable bonds is 10. The van der Waals surface area contributed by atoms with E-state index in [0.29, 0.717) is 24.5 Å². The maximum atomic E-state index is 12.9. The molecule has 0 radical (unpaired) electrons. The molecule has 31 heavy (non-hydrogen) atoms. The first-order chi connectivity index (χ1) is 14.8. The minimum atomic E-state index is -0.660. The Morgan fingerprint density at radius 3 is 2.16 bits per heavy atom. The average Bonchev–Trinajstić information content (AvgIpc) is 3.16. The van der Waals surface area contributed by atoms with Gasteiger partial charge in [-0.1, -0.05) is 6.07 Å². The lowest BCUT2D eigenvalue weighted by Crippen LogP contribution is -2.44. The number of carbonyl (C=O) groups excluding carboxylic acids is 4. The number of methoxy groups -OCH3 is 4. The van der Waals surface area contributed by atoms with Crippen LogP contribution in [0.1, 0.15) is 12.0 Å². The summed E-state index contributed by atoms with van der Waals surface area (Å²) in [5, 5.41) is 0. The number of esters is 2. The number of benzene rings is 1. The van der Waals surface area contributed by atoms with Gasteiger partial charge in [-0.25, -0.2) is 0 Å². The third kappa shape index (κ3) is 6.34. The third-order valence-electron chi connectivity index (χ3n) is 5.09. The number of amides is 2. The fourth-order valence-electron chi connectivity index (χ4n) is 3.36. The maximum Gasteiger partial charge on any atom is 0.325 e. The molecule has 1 aromatic rings. The molecular weight excluding hydrogens is 408 g/mol. The smallest absolute Gasteiger partial charge is 0.325 e. The van der Waals surface area contributed by atoms with Gasteiger partial charge in [-0.15, -0.1) is 0 Å². The fraction of sp³-hybridized carbons (Fsp3) is 0.524. The first kappa shape index (κ1) is 24.0. The summed E-state index contributed by atoms with van der Waals surface area (Å²) in [5.41, 5.74) is 0.957. The molecule has 1 aliphatic heterocycles. The van der Waals surface area contributed by atoms with Crippen LogP contribution in [0.15, 0.2) is 18.2 Å². The summed E-state index contributed by atoms with van der Waals surface area (Å²) in [7, 11) is 5.49. The predicted molar refractivity (Wildman–Crippen MR) is 109 cm³/mol. The summed E-state index contributed by atoms with van der Waals surface area (Å²) in [6.45, 7) is -0.141. The van der Waals surface area contributed by atoms with Gasteiger partial charge in [0.25, 0.3) is 0 Å². The average molecular weight is 436 g/mol. The van der Waals surface area contributed by atoms with Gasteiger partial charge in [-0.2, -0.15) is 0 Å². The number of nitrogens with zero attached hydrogens (tertiary/aromatic N) is 2. The van der Waals surface area contributed by atoms with Crippen LogP contribution in [0.4, 0.5) is 0 Å². The Bertz CT molecular complexity index is 808. The number of carbonyl (C=O) groups is 4. The predicted octanol–water partition coefficient (Wildman–Crippen LogP) is 0.269. The van der Waals surface area contributed by atoms with E-state index in [2.05, 4.69) is 9.47 Å². The maximum absolute atomic E-state index is 12.9. The SMILES string of the molecule is COC(=O)CN(CC(=O)OC)C(=O)C1CC(=O)N(CCc2ccc(OC)c(OC)c2)C1. The molecule has 170 valence electrons. The summed E-state index contributed by atoms with van der Waals surface area (Å²) in [6, 6.07) is 5.53. The lowest BCUT2D eigenvalue weighted by atomic mass is 10.1. The Hall–Kier alpha value is -3.30. The molecule has 0 spiro atoms. The fourth-order valence-corrected chi connectivity index (χ4v) is 3.36. The van der Waals surface area contributed by atoms with Crippen LogP contribution in [0.2, 0.25) is 0 Å². The lowest BCUT2D eigenvalue weighted by Gasteiger charge is -2.23. The molecule has 10 nitrogen and oxygen atoms in total. The van der Waals surface area contributed by atoms with Gasteiger partial charge in [0.2, 0.25) is 11.8 Å². The van der Waals surface area contributed by atoms with Crippen LogP contribution in [0.3, 0.4) is 0 Å². The minimum absolute atomic E-state index is 0.0175. The minimum Gasteiger partial charge on any atom is -0.493 e. The molecule has 1 fully saturated rings. The molecule has 0 aromatic heterocycles. The molecule has 0 N–H and O–H groups in total. The summed E-state index contributed by atoms with van der Waals surface area (Å²) < 4.78 is 19.7. The van der Waals surface area contributed by atoms with Gasteiger partial charge in [-0.3, -0.25) is 19.2 Å². The molecule has 2 rings (SSSR count). The Morgan fingerprint density at radius 1 is 1.00 bits per heavy atom. The molecule has 0 aliphatic carbocycles. The zero-order valence-corrected chi connectivity index (χ0v) is 18.2.